The van der Waals surface area contributed by atoms with Crippen LogP contribution in [-0.4, -0.2) is 29.5 Å². The maximum atomic E-state index is 13.2. The summed E-state index contributed by atoms with van der Waals surface area (Å²) in [6.07, 6.45) is 6.95. The highest BCUT2D eigenvalue weighted by Crippen LogP contribution is 2.28. The second-order valence-electron chi connectivity index (χ2n) is 9.09. The molecule has 34 heavy (non-hydrogen) atoms. The number of amides is 1. The number of carbonyl (C=O) groups excluding carboxylic acids is 2. The number of benzene rings is 2. The lowest BCUT2D eigenvalue weighted by molar-refractivity contribution is -0.129. The van der Waals surface area contributed by atoms with E-state index in [0.29, 0.717) is 28.7 Å². The minimum absolute atomic E-state index is 0.280. The van der Waals surface area contributed by atoms with Gasteiger partial charge in [0, 0.05) is 17.5 Å². The van der Waals surface area contributed by atoms with Crippen molar-refractivity contribution in [2.75, 3.05) is 6.54 Å². The van der Waals surface area contributed by atoms with Crippen molar-refractivity contribution in [1.29, 1.82) is 0 Å². The van der Waals surface area contributed by atoms with Gasteiger partial charge in [0.2, 0.25) is 0 Å². The lowest BCUT2D eigenvalue weighted by Crippen LogP contribution is -2.36. The average Bonchev–Trinajstić information content (AvgIpc) is 2.84. The summed E-state index contributed by atoms with van der Waals surface area (Å²) in [6, 6.07) is 15.4. The number of aromatic nitrogens is 1. The molecule has 3 aromatic rings. The number of nitrogens with one attached hydrogen (secondary N) is 1. The number of allylic oxidation sites excluding steroid dienone is 1. The molecule has 1 N–H and O–H groups in total. The Balaban J connectivity index is 1.51. The molecule has 1 unspecified atom stereocenters. The first kappa shape index (κ1) is 23.7. The molecule has 2 aromatic carbocycles. The first-order valence-electron chi connectivity index (χ1n) is 12.1. The van der Waals surface area contributed by atoms with Gasteiger partial charge in [-0.3, -0.25) is 4.79 Å². The van der Waals surface area contributed by atoms with Crippen LogP contribution < -0.4 is 5.32 Å². The van der Waals surface area contributed by atoms with Crippen LogP contribution in [0, 0.1) is 13.8 Å². The van der Waals surface area contributed by atoms with E-state index in [1.165, 1.54) is 24.0 Å². The lowest BCUT2D eigenvalue weighted by Gasteiger charge is -2.16. The minimum Gasteiger partial charge on any atom is -0.449 e. The zero-order valence-electron chi connectivity index (χ0n) is 20.2. The normalized spacial score (nSPS) is 14.4. The highest BCUT2D eigenvalue weighted by molar-refractivity contribution is 6.05. The molecule has 1 aromatic heterocycles. The molecule has 0 spiro atoms. The van der Waals surface area contributed by atoms with Crippen LogP contribution in [0.15, 0.2) is 60.2 Å². The van der Waals surface area contributed by atoms with E-state index in [4.69, 9.17) is 9.72 Å². The number of hydrogen-bond acceptors (Lipinski definition) is 4. The Morgan fingerprint density at radius 3 is 2.68 bits per heavy atom. The van der Waals surface area contributed by atoms with Gasteiger partial charge in [0.1, 0.15) is 0 Å². The third-order valence-electron chi connectivity index (χ3n) is 6.38. The molecule has 1 atom stereocenters. The van der Waals surface area contributed by atoms with Crippen molar-refractivity contribution in [3.8, 4) is 11.3 Å². The molecule has 0 radical (unpaired) electrons. The van der Waals surface area contributed by atoms with Gasteiger partial charge in [-0.1, -0.05) is 53.6 Å². The maximum absolute atomic E-state index is 13.2. The van der Waals surface area contributed by atoms with Gasteiger partial charge in [0.25, 0.3) is 5.91 Å². The molecule has 0 aliphatic heterocycles. The van der Waals surface area contributed by atoms with E-state index in [1.807, 2.05) is 50.2 Å². The SMILES string of the molecule is Cc1ccc(-c2cc(C(=O)OC(C)C(=O)NCCC3=CCCCC3)c3ccccc3n2)c(C)c1. The van der Waals surface area contributed by atoms with Crippen molar-refractivity contribution < 1.29 is 14.3 Å². The maximum Gasteiger partial charge on any atom is 0.339 e. The molecule has 1 aliphatic rings. The van der Waals surface area contributed by atoms with Gasteiger partial charge in [-0.25, -0.2) is 9.78 Å². The Hall–Kier alpha value is -3.47. The summed E-state index contributed by atoms with van der Waals surface area (Å²) in [5, 5.41) is 3.61. The number of pyridine rings is 1. The zero-order chi connectivity index (χ0) is 24.1. The molecule has 176 valence electrons. The second-order valence-corrected chi connectivity index (χ2v) is 9.09. The van der Waals surface area contributed by atoms with E-state index in [0.717, 1.165) is 30.4 Å². The fraction of sp³-hybridized carbons (Fsp3) is 0.345. The number of para-hydroxylation sites is 1. The molecular formula is C29H32N2O3. The number of ether oxygens (including phenoxy) is 1. The van der Waals surface area contributed by atoms with Gasteiger partial charge in [0.05, 0.1) is 16.8 Å². The van der Waals surface area contributed by atoms with Crippen molar-refractivity contribution in [1.82, 2.24) is 10.3 Å². The number of aryl methyl sites for hydroxylation is 2. The third-order valence-corrected chi connectivity index (χ3v) is 6.38. The van der Waals surface area contributed by atoms with Gasteiger partial charge in [-0.15, -0.1) is 0 Å². The van der Waals surface area contributed by atoms with E-state index in [9.17, 15) is 9.59 Å². The van der Waals surface area contributed by atoms with Crippen molar-refractivity contribution in [3.63, 3.8) is 0 Å². The lowest BCUT2D eigenvalue weighted by atomic mass is 9.97. The summed E-state index contributed by atoms with van der Waals surface area (Å²) in [4.78, 5) is 30.5. The number of hydrogen-bond donors (Lipinski definition) is 1. The van der Waals surface area contributed by atoms with E-state index >= 15 is 0 Å². The van der Waals surface area contributed by atoms with E-state index in [-0.39, 0.29) is 5.91 Å². The number of nitrogens with zero attached hydrogens (tertiary/aromatic N) is 1. The summed E-state index contributed by atoms with van der Waals surface area (Å²) in [5.74, 6) is -0.806. The fourth-order valence-electron chi connectivity index (χ4n) is 4.48. The van der Waals surface area contributed by atoms with Gasteiger partial charge in [-0.2, -0.15) is 0 Å². The van der Waals surface area contributed by atoms with Crippen molar-refractivity contribution in [3.05, 3.63) is 76.9 Å². The Bertz CT molecular complexity index is 1250. The van der Waals surface area contributed by atoms with Gasteiger partial charge in [0.15, 0.2) is 6.10 Å². The first-order valence-corrected chi connectivity index (χ1v) is 12.1. The Morgan fingerprint density at radius 1 is 1.09 bits per heavy atom. The molecule has 1 amide bonds. The van der Waals surface area contributed by atoms with Crippen LogP contribution in [0.1, 0.15) is 60.5 Å². The minimum atomic E-state index is -0.885. The number of rotatable bonds is 7. The molecule has 0 bridgehead atoms. The van der Waals surface area contributed by atoms with Crippen molar-refractivity contribution >= 4 is 22.8 Å². The number of fused-ring (bicyclic) bond motifs is 1. The summed E-state index contributed by atoms with van der Waals surface area (Å²) in [5.41, 5.74) is 6.45. The van der Waals surface area contributed by atoms with Crippen LogP contribution in [0.3, 0.4) is 0 Å². The Morgan fingerprint density at radius 2 is 1.91 bits per heavy atom. The summed E-state index contributed by atoms with van der Waals surface area (Å²) in [7, 11) is 0. The third kappa shape index (κ3) is 5.53. The molecule has 4 rings (SSSR count). The molecule has 5 nitrogen and oxygen atoms in total. The zero-order valence-corrected chi connectivity index (χ0v) is 20.2. The second kappa shape index (κ2) is 10.6. The van der Waals surface area contributed by atoms with Gasteiger partial charge < -0.3 is 10.1 Å². The number of carbonyl (C=O) groups is 2. The summed E-state index contributed by atoms with van der Waals surface area (Å²) in [6.45, 7) is 6.25. The van der Waals surface area contributed by atoms with E-state index < -0.39 is 12.1 Å². The van der Waals surface area contributed by atoms with E-state index in [2.05, 4.69) is 17.5 Å². The van der Waals surface area contributed by atoms with Crippen molar-refractivity contribution in [2.24, 2.45) is 0 Å². The van der Waals surface area contributed by atoms with Crippen LogP contribution in [0.25, 0.3) is 22.2 Å². The molecule has 5 heteroatoms. The molecule has 1 heterocycles. The molecular weight excluding hydrogens is 424 g/mol. The highest BCUT2D eigenvalue weighted by Gasteiger charge is 2.22. The first-order chi connectivity index (χ1) is 16.4. The molecule has 0 saturated carbocycles. The molecule has 0 saturated heterocycles. The standard InChI is InChI=1S/C29H32N2O3/c1-19-13-14-23(20(2)17-19)27-18-25(24-11-7-8-12-26(24)31-27)29(33)34-21(3)28(32)30-16-15-22-9-5-4-6-10-22/h7-9,11-14,17-18,21H,4-6,10,15-16H2,1-3H3,(H,30,32). The topological polar surface area (TPSA) is 68.3 Å². The molecule has 0 fully saturated rings. The predicted molar refractivity (Wildman–Crippen MR) is 136 cm³/mol. The van der Waals surface area contributed by atoms with Crippen LogP contribution in [-0.2, 0) is 9.53 Å². The van der Waals surface area contributed by atoms with Gasteiger partial charge >= 0.3 is 5.97 Å². The van der Waals surface area contributed by atoms with Crippen molar-refractivity contribution in [2.45, 2.75) is 59.0 Å². The average molecular weight is 457 g/mol. The predicted octanol–water partition coefficient (Wildman–Crippen LogP) is 6.07. The number of esters is 1. The summed E-state index contributed by atoms with van der Waals surface area (Å²) < 4.78 is 5.60. The van der Waals surface area contributed by atoms with Gasteiger partial charge in [-0.05, 0) is 70.6 Å². The largest absolute Gasteiger partial charge is 0.449 e. The summed E-state index contributed by atoms with van der Waals surface area (Å²) >= 11 is 0. The van der Waals surface area contributed by atoms with Crippen LogP contribution in [0.4, 0.5) is 0 Å². The van der Waals surface area contributed by atoms with E-state index in [1.54, 1.807) is 13.0 Å². The highest BCUT2D eigenvalue weighted by atomic mass is 16.5. The van der Waals surface area contributed by atoms with Crippen LogP contribution >= 0.6 is 0 Å². The Labute approximate surface area is 201 Å². The monoisotopic (exact) mass is 456 g/mol. The van der Waals surface area contributed by atoms with Crippen LogP contribution in [0.5, 0.6) is 0 Å². The quantitative estimate of drug-likeness (QED) is 0.346. The molecule has 1 aliphatic carbocycles. The smallest absolute Gasteiger partial charge is 0.339 e. The van der Waals surface area contributed by atoms with Crippen LogP contribution in [0.2, 0.25) is 0 Å². The Kier molecular flexibility index (Phi) is 7.41. The fourth-order valence-corrected chi connectivity index (χ4v) is 4.48.